The van der Waals surface area contributed by atoms with Gasteiger partial charge < -0.3 is 14.6 Å². The number of hydrogen-bond donors (Lipinski definition) is 1. The molecule has 3 heterocycles. The second-order valence-electron chi connectivity index (χ2n) is 4.68. The summed E-state index contributed by atoms with van der Waals surface area (Å²) in [7, 11) is 3.86. The molecule has 0 unspecified atom stereocenters. The Morgan fingerprint density at radius 3 is 2.95 bits per heavy atom. The normalized spacial score (nSPS) is 10.9. The highest BCUT2D eigenvalue weighted by Gasteiger charge is 2.14. The summed E-state index contributed by atoms with van der Waals surface area (Å²) in [5.74, 6) is 1.58. The van der Waals surface area contributed by atoms with Crippen molar-refractivity contribution in [3.8, 4) is 0 Å². The second kappa shape index (κ2) is 5.13. The first kappa shape index (κ1) is 12.9. The summed E-state index contributed by atoms with van der Waals surface area (Å²) < 4.78 is 5.12. The zero-order valence-electron chi connectivity index (χ0n) is 11.7. The van der Waals surface area contributed by atoms with Crippen LogP contribution in [0.1, 0.15) is 10.4 Å². The van der Waals surface area contributed by atoms with Crippen LogP contribution < -0.4 is 10.2 Å². The summed E-state index contributed by atoms with van der Waals surface area (Å²) in [6.45, 7) is 2.84. The van der Waals surface area contributed by atoms with Gasteiger partial charge in [0.05, 0.1) is 17.9 Å². The van der Waals surface area contributed by atoms with Gasteiger partial charge in [0.15, 0.2) is 0 Å². The molecule has 20 heavy (non-hydrogen) atoms. The number of nitrogens with zero attached hydrogens (tertiary/aromatic N) is 3. The van der Waals surface area contributed by atoms with Gasteiger partial charge in [0.25, 0.3) is 0 Å². The lowest BCUT2D eigenvalue weighted by atomic mass is 10.3. The summed E-state index contributed by atoms with van der Waals surface area (Å²) in [5.41, 5.74) is 1.12. The highest BCUT2D eigenvalue weighted by molar-refractivity contribution is 7.18. The molecule has 1 N–H and O–H groups in total. The molecule has 0 amide bonds. The van der Waals surface area contributed by atoms with Crippen LogP contribution in [-0.4, -0.2) is 24.1 Å². The summed E-state index contributed by atoms with van der Waals surface area (Å²) in [6.07, 6.45) is 3.44. The molecular formula is C14H16N4OS. The number of rotatable bonds is 4. The van der Waals surface area contributed by atoms with Crippen LogP contribution in [0.25, 0.3) is 10.2 Å². The molecule has 0 atom stereocenters. The van der Waals surface area contributed by atoms with Crippen molar-refractivity contribution in [1.29, 1.82) is 0 Å². The number of furan rings is 1. The predicted octanol–water partition coefficient (Wildman–Crippen LogP) is 3.27. The van der Waals surface area contributed by atoms with E-state index in [1.165, 1.54) is 4.88 Å². The molecule has 0 bridgehead atoms. The molecule has 3 rings (SSSR count). The minimum Gasteiger partial charge on any atom is -0.472 e. The van der Waals surface area contributed by atoms with Crippen LogP contribution in [-0.2, 0) is 6.54 Å². The number of hydrogen-bond acceptors (Lipinski definition) is 6. The fourth-order valence-corrected chi connectivity index (χ4v) is 3.04. The van der Waals surface area contributed by atoms with Crippen molar-refractivity contribution in [2.45, 2.75) is 13.5 Å². The topological polar surface area (TPSA) is 54.2 Å². The predicted molar refractivity (Wildman–Crippen MR) is 82.5 cm³/mol. The minimum atomic E-state index is 0.647. The third kappa shape index (κ3) is 2.34. The van der Waals surface area contributed by atoms with E-state index in [-0.39, 0.29) is 0 Å². The molecule has 0 aliphatic carbocycles. The van der Waals surface area contributed by atoms with Crippen LogP contribution in [0.15, 0.2) is 29.1 Å². The van der Waals surface area contributed by atoms with E-state index in [9.17, 15) is 0 Å². The largest absolute Gasteiger partial charge is 0.472 e. The molecule has 104 valence electrons. The fourth-order valence-electron chi connectivity index (χ4n) is 2.16. The van der Waals surface area contributed by atoms with Crippen molar-refractivity contribution in [2.24, 2.45) is 0 Å². The highest BCUT2D eigenvalue weighted by atomic mass is 32.1. The smallest absolute Gasteiger partial charge is 0.225 e. The molecule has 0 radical (unpaired) electrons. The van der Waals surface area contributed by atoms with Gasteiger partial charge in [-0.05, 0) is 19.1 Å². The Hall–Kier alpha value is -2.08. The fraction of sp³-hybridized carbons (Fsp3) is 0.286. The quantitative estimate of drug-likeness (QED) is 0.798. The maximum absolute atomic E-state index is 5.12. The number of nitrogens with one attached hydrogen (secondary N) is 1. The van der Waals surface area contributed by atoms with Crippen molar-refractivity contribution in [3.63, 3.8) is 0 Å². The maximum atomic E-state index is 5.12. The first-order valence-electron chi connectivity index (χ1n) is 6.35. The monoisotopic (exact) mass is 288 g/mol. The molecule has 0 saturated carbocycles. The molecule has 0 saturated heterocycles. The van der Waals surface area contributed by atoms with Gasteiger partial charge in [0.2, 0.25) is 5.95 Å². The van der Waals surface area contributed by atoms with E-state index in [4.69, 9.17) is 4.42 Å². The molecule has 0 aromatic carbocycles. The van der Waals surface area contributed by atoms with Gasteiger partial charge in [-0.1, -0.05) is 0 Å². The van der Waals surface area contributed by atoms with Gasteiger partial charge in [-0.15, -0.1) is 11.3 Å². The van der Waals surface area contributed by atoms with Crippen LogP contribution in [0.5, 0.6) is 0 Å². The zero-order valence-corrected chi connectivity index (χ0v) is 12.5. The van der Waals surface area contributed by atoms with Gasteiger partial charge in [-0.2, -0.15) is 4.98 Å². The average molecular weight is 288 g/mol. The van der Waals surface area contributed by atoms with Crippen molar-refractivity contribution in [2.75, 3.05) is 24.3 Å². The van der Waals surface area contributed by atoms with Crippen molar-refractivity contribution < 1.29 is 4.42 Å². The average Bonchev–Trinajstić information content (AvgIpc) is 3.05. The number of fused-ring (bicyclic) bond motifs is 1. The Balaban J connectivity index is 2.04. The molecule has 3 aromatic rings. The Morgan fingerprint density at radius 2 is 2.25 bits per heavy atom. The van der Waals surface area contributed by atoms with Crippen LogP contribution in [0.3, 0.4) is 0 Å². The summed E-state index contributed by atoms with van der Waals surface area (Å²) in [5, 5.41) is 4.12. The van der Waals surface area contributed by atoms with Crippen molar-refractivity contribution >= 4 is 33.3 Å². The SMILES string of the molecule is CNc1nc(N(C)Cc2ccoc2)c2cc(C)sc2n1. The Labute approximate surface area is 121 Å². The van der Waals surface area contributed by atoms with Crippen LogP contribution >= 0.6 is 11.3 Å². The van der Waals surface area contributed by atoms with E-state index >= 15 is 0 Å². The Bertz CT molecular complexity index is 720. The number of aryl methyl sites for hydroxylation is 1. The van der Waals surface area contributed by atoms with Crippen LogP contribution in [0, 0.1) is 6.92 Å². The van der Waals surface area contributed by atoms with E-state index in [0.29, 0.717) is 5.95 Å². The van der Waals surface area contributed by atoms with E-state index < -0.39 is 0 Å². The molecule has 3 aromatic heterocycles. The van der Waals surface area contributed by atoms with Crippen LogP contribution in [0.4, 0.5) is 11.8 Å². The van der Waals surface area contributed by atoms with Crippen molar-refractivity contribution in [3.05, 3.63) is 35.1 Å². The highest BCUT2D eigenvalue weighted by Crippen LogP contribution is 2.31. The van der Waals surface area contributed by atoms with E-state index in [1.54, 1.807) is 23.9 Å². The first-order chi connectivity index (χ1) is 9.67. The van der Waals surface area contributed by atoms with E-state index in [0.717, 1.165) is 28.1 Å². The number of aromatic nitrogens is 2. The van der Waals surface area contributed by atoms with Gasteiger partial charge >= 0.3 is 0 Å². The molecule has 0 fully saturated rings. The lowest BCUT2D eigenvalue weighted by Gasteiger charge is -2.18. The maximum Gasteiger partial charge on any atom is 0.225 e. The molecule has 0 spiro atoms. The second-order valence-corrected chi connectivity index (χ2v) is 5.92. The van der Waals surface area contributed by atoms with E-state index in [1.807, 2.05) is 20.2 Å². The van der Waals surface area contributed by atoms with Crippen LogP contribution in [0.2, 0.25) is 0 Å². The Morgan fingerprint density at radius 1 is 1.40 bits per heavy atom. The molecule has 0 aliphatic rings. The van der Waals surface area contributed by atoms with Crippen molar-refractivity contribution in [1.82, 2.24) is 9.97 Å². The molecular weight excluding hydrogens is 272 g/mol. The third-order valence-electron chi connectivity index (χ3n) is 3.08. The van der Waals surface area contributed by atoms with Gasteiger partial charge in [-0.3, -0.25) is 0 Å². The zero-order chi connectivity index (χ0) is 14.1. The van der Waals surface area contributed by atoms with Gasteiger partial charge in [0.1, 0.15) is 10.6 Å². The molecule has 5 nitrogen and oxygen atoms in total. The molecule has 0 aliphatic heterocycles. The number of anilines is 2. The first-order valence-corrected chi connectivity index (χ1v) is 7.17. The van der Waals surface area contributed by atoms with E-state index in [2.05, 4.69) is 33.2 Å². The number of thiophene rings is 1. The summed E-state index contributed by atoms with van der Waals surface area (Å²) >= 11 is 1.68. The minimum absolute atomic E-state index is 0.647. The lowest BCUT2D eigenvalue weighted by molar-refractivity contribution is 0.563. The third-order valence-corrected chi connectivity index (χ3v) is 4.03. The van der Waals surface area contributed by atoms with Gasteiger partial charge in [-0.25, -0.2) is 4.98 Å². The summed E-state index contributed by atoms with van der Waals surface area (Å²) in [4.78, 5) is 13.5. The standard InChI is InChI=1S/C14H16N4OS/c1-9-6-11-12(16-14(15-2)17-13(11)20-9)18(3)7-10-4-5-19-8-10/h4-6,8H,7H2,1-3H3,(H,15,16,17). The molecule has 6 heteroatoms. The van der Waals surface area contributed by atoms with Gasteiger partial charge in [0, 0.05) is 31.1 Å². The lowest BCUT2D eigenvalue weighted by Crippen LogP contribution is -2.18. The summed E-state index contributed by atoms with van der Waals surface area (Å²) in [6, 6.07) is 4.10. The Kier molecular flexibility index (Phi) is 3.31.